The van der Waals surface area contributed by atoms with E-state index in [0.717, 1.165) is 42.1 Å². The van der Waals surface area contributed by atoms with Gasteiger partial charge in [-0.05, 0) is 67.6 Å². The molecule has 5 nitrogen and oxygen atoms in total. The van der Waals surface area contributed by atoms with Crippen molar-refractivity contribution in [2.75, 3.05) is 13.7 Å². The van der Waals surface area contributed by atoms with Crippen molar-refractivity contribution in [2.24, 2.45) is 5.92 Å². The van der Waals surface area contributed by atoms with Crippen LogP contribution < -0.4 is 4.74 Å². The average molecular weight is 387 g/mol. The molecule has 2 fully saturated rings. The first-order valence-corrected chi connectivity index (χ1v) is 10.4. The molecule has 0 spiro atoms. The van der Waals surface area contributed by atoms with Gasteiger partial charge in [-0.1, -0.05) is 24.6 Å². The summed E-state index contributed by atoms with van der Waals surface area (Å²) in [4.78, 5) is 15.4. The number of fused-ring (bicyclic) bond motifs is 1. The van der Waals surface area contributed by atoms with E-state index in [0.29, 0.717) is 17.7 Å². The summed E-state index contributed by atoms with van der Waals surface area (Å²) in [6.45, 7) is 0.851. The van der Waals surface area contributed by atoms with Crippen LogP contribution in [0.4, 0.5) is 0 Å². The maximum absolute atomic E-state index is 13.3. The number of likely N-dealkylation sites (tertiary alicyclic amines) is 1. The van der Waals surface area contributed by atoms with Crippen LogP contribution in [0.1, 0.15) is 36.2 Å². The van der Waals surface area contributed by atoms with Crippen LogP contribution in [0.2, 0.25) is 0 Å². The number of ether oxygens (including phenoxy) is 1. The second-order valence-electron chi connectivity index (χ2n) is 7.94. The molecule has 1 aromatic heterocycles. The van der Waals surface area contributed by atoms with Gasteiger partial charge in [-0.3, -0.25) is 4.79 Å². The molecule has 2 heterocycles. The van der Waals surface area contributed by atoms with E-state index >= 15 is 0 Å². The lowest BCUT2D eigenvalue weighted by atomic mass is 10.0. The quantitative estimate of drug-likeness (QED) is 0.659. The summed E-state index contributed by atoms with van der Waals surface area (Å²) in [5.74, 6) is 1.54. The van der Waals surface area contributed by atoms with Crippen molar-refractivity contribution >= 4 is 5.91 Å². The number of rotatable bonds is 4. The summed E-state index contributed by atoms with van der Waals surface area (Å²) < 4.78 is 7.16. The van der Waals surface area contributed by atoms with E-state index in [1.165, 1.54) is 12.8 Å². The number of nitrogens with zero attached hydrogens (tertiary/aromatic N) is 3. The zero-order valence-electron chi connectivity index (χ0n) is 16.6. The maximum Gasteiger partial charge on any atom is 0.274 e. The van der Waals surface area contributed by atoms with Crippen LogP contribution in [-0.2, 0) is 0 Å². The summed E-state index contributed by atoms with van der Waals surface area (Å²) in [5.41, 5.74) is 3.37. The summed E-state index contributed by atoms with van der Waals surface area (Å²) in [6, 6.07) is 20.2. The highest BCUT2D eigenvalue weighted by atomic mass is 16.5. The van der Waals surface area contributed by atoms with Crippen LogP contribution in [0.5, 0.6) is 5.75 Å². The van der Waals surface area contributed by atoms with Gasteiger partial charge in [-0.2, -0.15) is 5.10 Å². The zero-order chi connectivity index (χ0) is 19.8. The highest BCUT2D eigenvalue weighted by Crippen LogP contribution is 2.38. The summed E-state index contributed by atoms with van der Waals surface area (Å²) in [6.07, 6.45) is 4.74. The Bertz CT molecular complexity index is 1010. The van der Waals surface area contributed by atoms with Crippen LogP contribution >= 0.6 is 0 Å². The number of methoxy groups -OCH3 is 1. The largest absolute Gasteiger partial charge is 0.497 e. The lowest BCUT2D eigenvalue weighted by Gasteiger charge is -2.22. The standard InChI is InChI=1S/C24H25N3O2/c1-29-20-12-10-18(11-13-20)23-16-21(25-27(23)19-7-3-2-4-8-19)24(28)26-15-14-17-6-5-9-22(17)26/h2-4,7-8,10-13,16-17,22H,5-6,9,14-15H2,1H3. The number of para-hydroxylation sites is 1. The van der Waals surface area contributed by atoms with E-state index in [4.69, 9.17) is 9.84 Å². The first-order chi connectivity index (χ1) is 14.2. The fraction of sp³-hybridized carbons (Fsp3) is 0.333. The molecule has 2 atom stereocenters. The van der Waals surface area contributed by atoms with Gasteiger partial charge in [0.2, 0.25) is 0 Å². The maximum atomic E-state index is 13.3. The van der Waals surface area contributed by atoms with Crippen molar-refractivity contribution in [1.29, 1.82) is 0 Å². The lowest BCUT2D eigenvalue weighted by Crippen LogP contribution is -2.36. The number of amides is 1. The number of hydrogen-bond acceptors (Lipinski definition) is 3. The van der Waals surface area contributed by atoms with Gasteiger partial charge in [-0.15, -0.1) is 0 Å². The number of carbonyl (C=O) groups excluding carboxylic acids is 1. The molecule has 5 heteroatoms. The first-order valence-electron chi connectivity index (χ1n) is 10.4. The topological polar surface area (TPSA) is 47.4 Å². The molecule has 1 amide bonds. The van der Waals surface area contributed by atoms with Gasteiger partial charge in [0.1, 0.15) is 5.75 Å². The SMILES string of the molecule is COc1ccc(-c2cc(C(=O)N3CCC4CCCC43)nn2-c2ccccc2)cc1. The van der Waals surface area contributed by atoms with E-state index in [2.05, 4.69) is 4.90 Å². The smallest absolute Gasteiger partial charge is 0.274 e. The molecule has 148 valence electrons. The molecule has 29 heavy (non-hydrogen) atoms. The van der Waals surface area contributed by atoms with Crippen molar-refractivity contribution in [3.05, 3.63) is 66.4 Å². The fourth-order valence-corrected chi connectivity index (χ4v) is 4.85. The molecule has 2 aliphatic rings. The van der Waals surface area contributed by atoms with Gasteiger partial charge in [0, 0.05) is 18.2 Å². The molecule has 0 N–H and O–H groups in total. The van der Waals surface area contributed by atoms with Gasteiger partial charge in [0.25, 0.3) is 5.91 Å². The van der Waals surface area contributed by atoms with Crippen molar-refractivity contribution in [1.82, 2.24) is 14.7 Å². The third kappa shape index (κ3) is 3.20. The van der Waals surface area contributed by atoms with Gasteiger partial charge < -0.3 is 9.64 Å². The number of benzene rings is 2. The molecule has 2 unspecified atom stereocenters. The Morgan fingerprint density at radius 1 is 1.03 bits per heavy atom. The summed E-state index contributed by atoms with van der Waals surface area (Å²) in [7, 11) is 1.66. The molecule has 1 aliphatic carbocycles. The van der Waals surface area contributed by atoms with Crippen LogP contribution in [0.3, 0.4) is 0 Å². The molecule has 3 aromatic rings. The van der Waals surface area contributed by atoms with Crippen molar-refractivity contribution < 1.29 is 9.53 Å². The summed E-state index contributed by atoms with van der Waals surface area (Å²) >= 11 is 0. The van der Waals surface area contributed by atoms with Crippen molar-refractivity contribution in [2.45, 2.75) is 31.7 Å². The van der Waals surface area contributed by atoms with Crippen molar-refractivity contribution in [3.8, 4) is 22.7 Å². The van der Waals surface area contributed by atoms with Gasteiger partial charge >= 0.3 is 0 Å². The Kier molecular flexibility index (Phi) is 4.58. The minimum absolute atomic E-state index is 0.0591. The second-order valence-corrected chi connectivity index (χ2v) is 7.94. The van der Waals surface area contributed by atoms with Crippen LogP contribution in [0.15, 0.2) is 60.7 Å². The monoisotopic (exact) mass is 387 g/mol. The number of hydrogen-bond donors (Lipinski definition) is 0. The Balaban J connectivity index is 1.55. The van der Waals surface area contributed by atoms with Crippen LogP contribution in [0.25, 0.3) is 16.9 Å². The van der Waals surface area contributed by atoms with E-state index in [9.17, 15) is 4.79 Å². The highest BCUT2D eigenvalue weighted by molar-refractivity contribution is 5.94. The predicted octanol–water partition coefficient (Wildman–Crippen LogP) is 4.56. The molecule has 2 aromatic carbocycles. The van der Waals surface area contributed by atoms with Crippen LogP contribution in [0, 0.1) is 5.92 Å². The average Bonchev–Trinajstić information content (AvgIpc) is 3.49. The minimum Gasteiger partial charge on any atom is -0.497 e. The molecule has 1 aliphatic heterocycles. The fourth-order valence-electron chi connectivity index (χ4n) is 4.85. The molecule has 0 radical (unpaired) electrons. The normalized spacial score (nSPS) is 20.7. The Labute approximate surface area is 170 Å². The van der Waals surface area contributed by atoms with E-state index in [1.807, 2.05) is 65.3 Å². The van der Waals surface area contributed by atoms with Crippen LogP contribution in [-0.4, -0.2) is 40.3 Å². The van der Waals surface area contributed by atoms with Gasteiger partial charge in [0.15, 0.2) is 5.69 Å². The number of aromatic nitrogens is 2. The highest BCUT2D eigenvalue weighted by Gasteiger charge is 2.40. The minimum atomic E-state index is 0.0591. The molecular weight excluding hydrogens is 362 g/mol. The van der Waals surface area contributed by atoms with E-state index in [-0.39, 0.29) is 5.91 Å². The molecule has 1 saturated heterocycles. The Morgan fingerprint density at radius 2 is 1.83 bits per heavy atom. The van der Waals surface area contributed by atoms with Gasteiger partial charge in [-0.25, -0.2) is 4.68 Å². The lowest BCUT2D eigenvalue weighted by molar-refractivity contribution is 0.0722. The van der Waals surface area contributed by atoms with Gasteiger partial charge in [0.05, 0.1) is 18.5 Å². The van der Waals surface area contributed by atoms with Crippen molar-refractivity contribution in [3.63, 3.8) is 0 Å². The molecule has 1 saturated carbocycles. The Hall–Kier alpha value is -3.08. The van der Waals surface area contributed by atoms with E-state index < -0.39 is 0 Å². The zero-order valence-corrected chi connectivity index (χ0v) is 16.6. The molecule has 0 bridgehead atoms. The Morgan fingerprint density at radius 3 is 2.59 bits per heavy atom. The third-order valence-electron chi connectivity index (χ3n) is 6.34. The number of carbonyl (C=O) groups is 1. The molecule has 5 rings (SSSR count). The first kappa shape index (κ1) is 18.0. The third-order valence-corrected chi connectivity index (χ3v) is 6.34. The summed E-state index contributed by atoms with van der Waals surface area (Å²) in [5, 5.41) is 4.75. The molecular formula is C24H25N3O2. The second kappa shape index (κ2) is 7.39. The van der Waals surface area contributed by atoms with E-state index in [1.54, 1.807) is 7.11 Å². The predicted molar refractivity (Wildman–Crippen MR) is 112 cm³/mol.